The second kappa shape index (κ2) is 9.13. The van der Waals surface area contributed by atoms with Gasteiger partial charge in [-0.05, 0) is 73.7 Å². The van der Waals surface area contributed by atoms with Crippen LogP contribution in [0.4, 0.5) is 11.4 Å². The molecule has 2 atom stereocenters. The normalized spacial score (nSPS) is 19.1. The molecule has 1 aromatic heterocycles. The summed E-state index contributed by atoms with van der Waals surface area (Å²) in [7, 11) is -2.22. The molecule has 32 heavy (non-hydrogen) atoms. The van der Waals surface area contributed by atoms with Crippen LogP contribution in [0.2, 0.25) is 0 Å². The molecule has 0 spiro atoms. The van der Waals surface area contributed by atoms with Crippen LogP contribution < -0.4 is 19.7 Å². The molecule has 6 nitrogen and oxygen atoms in total. The Bertz CT molecular complexity index is 1180. The van der Waals surface area contributed by atoms with E-state index >= 15 is 0 Å². The first-order valence-electron chi connectivity index (χ1n) is 10.6. The van der Waals surface area contributed by atoms with Crippen molar-refractivity contribution in [3.63, 3.8) is 0 Å². The molecule has 2 heterocycles. The van der Waals surface area contributed by atoms with E-state index in [1.54, 1.807) is 30.6 Å². The molecule has 4 rings (SSSR count). The number of rotatable bonds is 6. The van der Waals surface area contributed by atoms with E-state index in [-0.39, 0.29) is 4.90 Å². The van der Waals surface area contributed by atoms with Gasteiger partial charge in [0.2, 0.25) is 0 Å². The first-order valence-corrected chi connectivity index (χ1v) is 13.0. The van der Waals surface area contributed by atoms with Crippen LogP contribution in [-0.4, -0.2) is 40.7 Å². The van der Waals surface area contributed by atoms with Gasteiger partial charge in [0.05, 0.1) is 17.7 Å². The molecule has 0 saturated carbocycles. The van der Waals surface area contributed by atoms with E-state index in [0.29, 0.717) is 23.5 Å². The molecule has 1 aliphatic rings. The topological polar surface area (TPSA) is 70.7 Å². The van der Waals surface area contributed by atoms with Crippen molar-refractivity contribution < 1.29 is 13.2 Å². The number of benzene rings is 2. The molecule has 0 bridgehead atoms. The van der Waals surface area contributed by atoms with Crippen molar-refractivity contribution in [2.24, 2.45) is 0 Å². The zero-order valence-electron chi connectivity index (χ0n) is 18.8. The molecule has 1 saturated heterocycles. The molecule has 0 amide bonds. The minimum Gasteiger partial charge on any atom is -0.495 e. The van der Waals surface area contributed by atoms with E-state index in [4.69, 9.17) is 4.74 Å². The van der Waals surface area contributed by atoms with Gasteiger partial charge in [-0.2, -0.15) is 0 Å². The van der Waals surface area contributed by atoms with E-state index in [9.17, 15) is 8.42 Å². The maximum absolute atomic E-state index is 13.1. The lowest BCUT2D eigenvalue weighted by Gasteiger charge is -2.38. The number of nitrogens with zero attached hydrogens (tertiary/aromatic N) is 1. The van der Waals surface area contributed by atoms with Gasteiger partial charge in [-0.3, -0.25) is 4.72 Å². The molecule has 170 valence electrons. The van der Waals surface area contributed by atoms with Crippen LogP contribution in [0.15, 0.2) is 58.8 Å². The number of hydrogen-bond acceptors (Lipinski definition) is 6. The smallest absolute Gasteiger partial charge is 0.262 e. The van der Waals surface area contributed by atoms with Crippen molar-refractivity contribution in [2.75, 3.05) is 29.8 Å². The molecule has 2 aromatic carbocycles. The Morgan fingerprint density at radius 3 is 2.34 bits per heavy atom. The SMILES string of the molecule is COc1ccc(N2C[C@@H](C)N[C@@H](C)C2)cc1NS(=O)(=O)c1ccc(-c2cc(C)cs2)cc1. The average molecular weight is 472 g/mol. The van der Waals surface area contributed by atoms with Crippen LogP contribution in [0.1, 0.15) is 19.4 Å². The highest BCUT2D eigenvalue weighted by molar-refractivity contribution is 7.92. The fourth-order valence-corrected chi connectivity index (χ4v) is 6.06. The van der Waals surface area contributed by atoms with Gasteiger partial charge < -0.3 is 15.0 Å². The fraction of sp³-hybridized carbons (Fsp3) is 0.333. The van der Waals surface area contributed by atoms with Gasteiger partial charge >= 0.3 is 0 Å². The summed E-state index contributed by atoms with van der Waals surface area (Å²) in [6.07, 6.45) is 0. The van der Waals surface area contributed by atoms with Crippen LogP contribution >= 0.6 is 11.3 Å². The summed E-state index contributed by atoms with van der Waals surface area (Å²) in [5.74, 6) is 0.485. The van der Waals surface area contributed by atoms with Gasteiger partial charge in [0.25, 0.3) is 10.0 Å². The van der Waals surface area contributed by atoms with Crippen molar-refractivity contribution in [1.82, 2.24) is 5.32 Å². The summed E-state index contributed by atoms with van der Waals surface area (Å²) >= 11 is 1.65. The molecule has 0 aliphatic carbocycles. The molecule has 1 aliphatic heterocycles. The van der Waals surface area contributed by atoms with Crippen LogP contribution in [0.5, 0.6) is 5.75 Å². The third kappa shape index (κ3) is 4.92. The quantitative estimate of drug-likeness (QED) is 0.544. The number of methoxy groups -OCH3 is 1. The maximum atomic E-state index is 13.1. The number of hydrogen-bond donors (Lipinski definition) is 2. The van der Waals surface area contributed by atoms with E-state index in [2.05, 4.69) is 40.2 Å². The molecule has 2 N–H and O–H groups in total. The van der Waals surface area contributed by atoms with Crippen LogP contribution in [-0.2, 0) is 10.0 Å². The first kappa shape index (κ1) is 22.6. The summed E-state index contributed by atoms with van der Waals surface area (Å²) in [4.78, 5) is 3.60. The van der Waals surface area contributed by atoms with Crippen LogP contribution in [0.3, 0.4) is 0 Å². The van der Waals surface area contributed by atoms with E-state index < -0.39 is 10.0 Å². The van der Waals surface area contributed by atoms with E-state index in [1.165, 1.54) is 5.56 Å². The van der Waals surface area contributed by atoms with Crippen molar-refractivity contribution in [2.45, 2.75) is 37.8 Å². The van der Waals surface area contributed by atoms with Crippen molar-refractivity contribution in [1.29, 1.82) is 0 Å². The number of ether oxygens (including phenoxy) is 1. The Kier molecular flexibility index (Phi) is 6.46. The lowest BCUT2D eigenvalue weighted by molar-refractivity contribution is 0.406. The second-order valence-electron chi connectivity index (χ2n) is 8.38. The number of thiophene rings is 1. The van der Waals surface area contributed by atoms with Gasteiger partial charge in [0.1, 0.15) is 5.75 Å². The highest BCUT2D eigenvalue weighted by atomic mass is 32.2. The lowest BCUT2D eigenvalue weighted by atomic mass is 10.1. The maximum Gasteiger partial charge on any atom is 0.262 e. The molecule has 0 unspecified atom stereocenters. The lowest BCUT2D eigenvalue weighted by Crippen LogP contribution is -2.54. The van der Waals surface area contributed by atoms with Crippen molar-refractivity contribution in [3.8, 4) is 16.2 Å². The highest BCUT2D eigenvalue weighted by Crippen LogP contribution is 2.33. The number of aryl methyl sites for hydroxylation is 1. The third-order valence-electron chi connectivity index (χ3n) is 5.53. The summed E-state index contributed by atoms with van der Waals surface area (Å²) in [5.41, 5.74) is 3.60. The molecule has 8 heteroatoms. The average Bonchev–Trinajstić information content (AvgIpc) is 3.19. The Morgan fingerprint density at radius 1 is 1.06 bits per heavy atom. The minimum absolute atomic E-state index is 0.214. The molecular weight excluding hydrogens is 442 g/mol. The molecule has 3 aromatic rings. The first-order chi connectivity index (χ1) is 15.2. The monoisotopic (exact) mass is 471 g/mol. The second-order valence-corrected chi connectivity index (χ2v) is 11.0. The van der Waals surface area contributed by atoms with Gasteiger partial charge in [-0.15, -0.1) is 11.3 Å². The zero-order valence-corrected chi connectivity index (χ0v) is 20.4. The fourth-order valence-electron chi connectivity index (χ4n) is 4.09. The number of sulfonamides is 1. The van der Waals surface area contributed by atoms with E-state index in [1.807, 2.05) is 37.3 Å². The Labute approximate surface area is 194 Å². The van der Waals surface area contributed by atoms with Gasteiger partial charge in [0.15, 0.2) is 0 Å². The van der Waals surface area contributed by atoms with E-state index in [0.717, 1.165) is 29.2 Å². The van der Waals surface area contributed by atoms with Crippen molar-refractivity contribution in [3.05, 3.63) is 59.5 Å². The summed E-state index contributed by atoms with van der Waals surface area (Å²) in [6.45, 7) is 8.05. The summed E-state index contributed by atoms with van der Waals surface area (Å²) in [5, 5.41) is 5.60. The Hall–Kier alpha value is -2.55. The number of piperazine rings is 1. The van der Waals surface area contributed by atoms with Crippen LogP contribution in [0.25, 0.3) is 10.4 Å². The molecule has 1 fully saturated rings. The Balaban J connectivity index is 1.59. The van der Waals surface area contributed by atoms with Crippen molar-refractivity contribution >= 4 is 32.7 Å². The van der Waals surface area contributed by atoms with Crippen LogP contribution in [0, 0.1) is 6.92 Å². The van der Waals surface area contributed by atoms with Gasteiger partial charge in [0, 0.05) is 35.7 Å². The largest absolute Gasteiger partial charge is 0.495 e. The van der Waals surface area contributed by atoms with Gasteiger partial charge in [-0.25, -0.2) is 8.42 Å². The number of anilines is 2. The Morgan fingerprint density at radius 2 is 1.75 bits per heavy atom. The highest BCUT2D eigenvalue weighted by Gasteiger charge is 2.23. The van der Waals surface area contributed by atoms with Gasteiger partial charge in [-0.1, -0.05) is 12.1 Å². The standard InChI is InChI=1S/C24H29N3O3S2/c1-16-11-24(31-15-16)19-5-8-21(9-6-19)32(28,29)26-22-12-20(7-10-23(22)30-4)27-13-17(2)25-18(3)14-27/h5-12,15,17-18,25-26H,13-14H2,1-4H3/t17-,18+. The predicted octanol–water partition coefficient (Wildman–Crippen LogP) is 4.72. The summed E-state index contributed by atoms with van der Waals surface area (Å²) < 4.78 is 34.4. The third-order valence-corrected chi connectivity index (χ3v) is 8.01. The summed E-state index contributed by atoms with van der Waals surface area (Å²) in [6, 6.07) is 15.4. The zero-order chi connectivity index (χ0) is 22.9. The molecule has 0 radical (unpaired) electrons. The molecular formula is C24H29N3O3S2. The minimum atomic E-state index is -3.77. The predicted molar refractivity (Wildman–Crippen MR) is 133 cm³/mol. The number of nitrogens with one attached hydrogen (secondary N) is 2.